The van der Waals surface area contributed by atoms with Gasteiger partial charge in [-0.25, -0.2) is 0 Å². The van der Waals surface area contributed by atoms with E-state index in [0.717, 1.165) is 17.2 Å². The number of anilines is 1. The van der Waals surface area contributed by atoms with E-state index in [1.54, 1.807) is 17.6 Å². The Labute approximate surface area is 157 Å². The molecule has 26 heavy (non-hydrogen) atoms. The fourth-order valence-electron chi connectivity index (χ4n) is 2.78. The fraction of sp³-hybridized carbons (Fsp3) is 0.250. The summed E-state index contributed by atoms with van der Waals surface area (Å²) in [5.41, 5.74) is 0.702. The van der Waals surface area contributed by atoms with E-state index in [4.69, 9.17) is 9.15 Å². The highest BCUT2D eigenvalue weighted by Crippen LogP contribution is 2.23. The van der Waals surface area contributed by atoms with Gasteiger partial charge in [0.05, 0.1) is 23.4 Å². The minimum atomic E-state index is -0.0461. The van der Waals surface area contributed by atoms with Gasteiger partial charge in [-0.05, 0) is 42.6 Å². The van der Waals surface area contributed by atoms with Crippen molar-refractivity contribution in [1.82, 2.24) is 0 Å². The van der Waals surface area contributed by atoms with Crippen LogP contribution in [0, 0.1) is 0 Å². The molecule has 0 aliphatic rings. The van der Waals surface area contributed by atoms with Crippen molar-refractivity contribution in [2.24, 2.45) is 0 Å². The van der Waals surface area contributed by atoms with Crippen LogP contribution >= 0.6 is 11.3 Å². The molecule has 136 valence electrons. The highest BCUT2D eigenvalue weighted by molar-refractivity contribution is 7.09. The molecule has 6 heteroatoms. The molecule has 0 aliphatic heterocycles. The van der Waals surface area contributed by atoms with E-state index in [0.29, 0.717) is 31.1 Å². The topological polar surface area (TPSA) is 55.9 Å². The number of para-hydroxylation sites is 2. The van der Waals surface area contributed by atoms with E-state index in [2.05, 4.69) is 16.8 Å². The summed E-state index contributed by atoms with van der Waals surface area (Å²) in [7, 11) is 0. The Morgan fingerprint density at radius 2 is 2.04 bits per heavy atom. The van der Waals surface area contributed by atoms with Crippen LogP contribution in [0.3, 0.4) is 0 Å². The van der Waals surface area contributed by atoms with Crippen LogP contribution in [0.4, 0.5) is 5.69 Å². The average molecular weight is 371 g/mol. The lowest BCUT2D eigenvalue weighted by atomic mass is 10.3. The second-order valence-corrected chi connectivity index (χ2v) is 6.95. The van der Waals surface area contributed by atoms with Gasteiger partial charge in [-0.1, -0.05) is 18.2 Å². The first-order valence-corrected chi connectivity index (χ1v) is 9.52. The lowest BCUT2D eigenvalue weighted by Gasteiger charge is -2.18. The third-order valence-corrected chi connectivity index (χ3v) is 4.76. The van der Waals surface area contributed by atoms with Crippen LogP contribution in [0.1, 0.15) is 17.6 Å². The zero-order valence-corrected chi connectivity index (χ0v) is 15.6. The third kappa shape index (κ3) is 5.21. The Morgan fingerprint density at radius 3 is 2.77 bits per heavy atom. The van der Waals surface area contributed by atoms with Crippen molar-refractivity contribution in [3.63, 3.8) is 0 Å². The van der Waals surface area contributed by atoms with Gasteiger partial charge < -0.3 is 19.4 Å². The molecule has 0 radical (unpaired) electrons. The Morgan fingerprint density at radius 1 is 1.15 bits per heavy atom. The molecule has 1 unspecified atom stereocenters. The molecule has 0 aliphatic carbocycles. The second kappa shape index (κ2) is 9.22. The largest absolute Gasteiger partial charge is 0.492 e. The summed E-state index contributed by atoms with van der Waals surface area (Å²) in [6.07, 6.45) is 1.66. The van der Waals surface area contributed by atoms with Crippen molar-refractivity contribution < 1.29 is 18.8 Å². The van der Waals surface area contributed by atoms with Gasteiger partial charge in [-0.3, -0.25) is 4.79 Å². The number of furan rings is 1. The molecule has 3 rings (SSSR count). The molecule has 1 atom stereocenters. The molecule has 0 spiro atoms. The van der Waals surface area contributed by atoms with Crippen LogP contribution in [0.25, 0.3) is 0 Å². The Bertz CT molecular complexity index is 764. The first kappa shape index (κ1) is 18.2. The van der Waals surface area contributed by atoms with E-state index < -0.39 is 0 Å². The van der Waals surface area contributed by atoms with Crippen molar-refractivity contribution >= 4 is 22.9 Å². The molecular weight excluding hydrogens is 348 g/mol. The lowest BCUT2D eigenvalue weighted by Crippen LogP contribution is -3.10. The van der Waals surface area contributed by atoms with Crippen molar-refractivity contribution in [3.8, 4) is 5.75 Å². The van der Waals surface area contributed by atoms with Crippen LogP contribution in [0.5, 0.6) is 5.75 Å². The third-order valence-electron chi connectivity index (χ3n) is 3.88. The van der Waals surface area contributed by atoms with E-state index in [1.807, 2.05) is 49.4 Å². The van der Waals surface area contributed by atoms with Gasteiger partial charge in [0.15, 0.2) is 12.3 Å². The fourth-order valence-corrected chi connectivity index (χ4v) is 3.56. The summed E-state index contributed by atoms with van der Waals surface area (Å²) in [6, 6.07) is 15.4. The highest BCUT2D eigenvalue weighted by atomic mass is 32.1. The van der Waals surface area contributed by atoms with Gasteiger partial charge in [-0.2, -0.15) is 0 Å². The Kier molecular flexibility index (Phi) is 6.46. The number of rotatable bonds is 9. The molecule has 2 N–H and O–H groups in total. The first-order valence-electron chi connectivity index (χ1n) is 8.64. The maximum atomic E-state index is 12.6. The smallest absolute Gasteiger partial charge is 0.279 e. The number of hydrogen-bond acceptors (Lipinski definition) is 4. The Hall–Kier alpha value is -2.57. The van der Waals surface area contributed by atoms with Gasteiger partial charge in [0.2, 0.25) is 0 Å². The number of ether oxygens (including phenoxy) is 1. The van der Waals surface area contributed by atoms with E-state index in [9.17, 15) is 4.79 Å². The van der Waals surface area contributed by atoms with Gasteiger partial charge in [0, 0.05) is 0 Å². The van der Waals surface area contributed by atoms with E-state index in [-0.39, 0.29) is 5.91 Å². The SMILES string of the molecule is CCOc1ccccc1NC(=O)C[NH+](Cc1ccco1)Cc1cccs1. The molecule has 3 aromatic rings. The molecule has 2 aromatic heterocycles. The number of amides is 1. The molecule has 0 bridgehead atoms. The summed E-state index contributed by atoms with van der Waals surface area (Å²) in [5, 5.41) is 5.03. The minimum Gasteiger partial charge on any atom is -0.492 e. The monoisotopic (exact) mass is 371 g/mol. The van der Waals surface area contributed by atoms with Crippen LogP contribution in [0.2, 0.25) is 0 Å². The molecule has 0 saturated carbocycles. The summed E-state index contributed by atoms with van der Waals surface area (Å²) in [6.45, 7) is 4.26. The standard InChI is InChI=1S/C20H22N2O3S/c1-2-24-19-10-4-3-9-18(19)21-20(23)15-22(13-16-7-5-11-25-16)14-17-8-6-12-26-17/h3-12H,2,13-15H2,1H3,(H,21,23)/p+1. The number of nitrogens with one attached hydrogen (secondary N) is 2. The molecule has 0 fully saturated rings. The summed E-state index contributed by atoms with van der Waals surface area (Å²) in [5.74, 6) is 1.52. The average Bonchev–Trinajstić information content (AvgIpc) is 3.31. The van der Waals surface area contributed by atoms with Crippen molar-refractivity contribution in [2.45, 2.75) is 20.0 Å². The van der Waals surface area contributed by atoms with E-state index >= 15 is 0 Å². The predicted octanol–water partition coefficient (Wildman–Crippen LogP) is 2.96. The first-order chi connectivity index (χ1) is 12.7. The lowest BCUT2D eigenvalue weighted by molar-refractivity contribution is -0.920. The molecular formula is C20H23N2O3S+. The van der Waals surface area contributed by atoms with Crippen molar-refractivity contribution in [2.75, 3.05) is 18.5 Å². The number of carbonyl (C=O) groups excluding carboxylic acids is 1. The normalized spacial score (nSPS) is 11.9. The second-order valence-electron chi connectivity index (χ2n) is 5.92. The number of benzene rings is 1. The molecule has 0 saturated heterocycles. The van der Waals surface area contributed by atoms with Gasteiger partial charge in [-0.15, -0.1) is 11.3 Å². The highest BCUT2D eigenvalue weighted by Gasteiger charge is 2.18. The van der Waals surface area contributed by atoms with Crippen LogP contribution in [-0.2, 0) is 17.9 Å². The van der Waals surface area contributed by atoms with E-state index in [1.165, 1.54) is 4.88 Å². The maximum Gasteiger partial charge on any atom is 0.279 e. The molecule has 1 aromatic carbocycles. The van der Waals surface area contributed by atoms with Crippen LogP contribution in [0.15, 0.2) is 64.6 Å². The number of hydrogen-bond donors (Lipinski definition) is 2. The minimum absolute atomic E-state index is 0.0461. The van der Waals surface area contributed by atoms with Crippen LogP contribution < -0.4 is 15.0 Å². The number of carbonyl (C=O) groups is 1. The summed E-state index contributed by atoms with van der Waals surface area (Å²) < 4.78 is 11.0. The summed E-state index contributed by atoms with van der Waals surface area (Å²) in [4.78, 5) is 15.0. The van der Waals surface area contributed by atoms with Gasteiger partial charge in [0.1, 0.15) is 18.8 Å². The Balaban J connectivity index is 1.66. The van der Waals surface area contributed by atoms with Gasteiger partial charge in [0.25, 0.3) is 5.91 Å². The zero-order valence-electron chi connectivity index (χ0n) is 14.7. The van der Waals surface area contributed by atoms with Gasteiger partial charge >= 0.3 is 0 Å². The van der Waals surface area contributed by atoms with Crippen molar-refractivity contribution in [1.29, 1.82) is 0 Å². The van der Waals surface area contributed by atoms with Crippen LogP contribution in [-0.4, -0.2) is 19.1 Å². The summed E-state index contributed by atoms with van der Waals surface area (Å²) >= 11 is 1.70. The maximum absolute atomic E-state index is 12.6. The van der Waals surface area contributed by atoms with Crippen molar-refractivity contribution in [3.05, 3.63) is 70.8 Å². The number of quaternary nitrogens is 1. The number of thiophene rings is 1. The molecule has 2 heterocycles. The quantitative estimate of drug-likeness (QED) is 0.608. The molecule has 1 amide bonds. The zero-order chi connectivity index (χ0) is 18.2. The predicted molar refractivity (Wildman–Crippen MR) is 103 cm³/mol. The molecule has 5 nitrogen and oxygen atoms in total.